The van der Waals surface area contributed by atoms with Gasteiger partial charge in [-0.2, -0.15) is 0 Å². The van der Waals surface area contributed by atoms with Gasteiger partial charge in [-0.15, -0.1) is 21.5 Å². The number of allylic oxidation sites excluding steroid dienone is 3. The van der Waals surface area contributed by atoms with Gasteiger partial charge in [0, 0.05) is 61.8 Å². The molecule has 13 nitrogen and oxygen atoms in total. The molecule has 1 amide bonds. The fraction of sp³-hybridized carbons (Fsp3) is 0.468. The SMILES string of the molecule is C=C(NCc1ccc(-c2scnc2C)cc1)C1CCCN1C(=O)C(c1cc(OCCN2CC3C(C2)C3n2c(C)cc3nnc(C4=CCCC=C4O)cc32)no1)C(C)C.CNC. The van der Waals surface area contributed by atoms with Crippen LogP contribution in [0.1, 0.15) is 79.9 Å². The summed E-state index contributed by atoms with van der Waals surface area (Å²) in [5.41, 5.74) is 10.8. The first-order valence-electron chi connectivity index (χ1n) is 21.6. The maximum absolute atomic E-state index is 14.2. The number of fused-ring (bicyclic) bond motifs is 2. The van der Waals surface area contributed by atoms with Gasteiger partial charge in [0.2, 0.25) is 5.91 Å². The summed E-state index contributed by atoms with van der Waals surface area (Å²) in [6.07, 6.45) is 7.43. The van der Waals surface area contributed by atoms with Crippen LogP contribution in [0.4, 0.5) is 0 Å². The Morgan fingerprint density at radius 2 is 1.82 bits per heavy atom. The predicted molar refractivity (Wildman–Crippen MR) is 240 cm³/mol. The van der Waals surface area contributed by atoms with Crippen LogP contribution in [-0.4, -0.2) is 98.6 Å². The van der Waals surface area contributed by atoms with E-state index in [2.05, 4.69) is 90.3 Å². The lowest BCUT2D eigenvalue weighted by atomic mass is 9.91. The van der Waals surface area contributed by atoms with Crippen LogP contribution in [0.5, 0.6) is 5.88 Å². The Kier molecular flexibility index (Phi) is 12.7. The topological polar surface area (TPSA) is 147 Å². The maximum atomic E-state index is 14.2. The molecule has 9 rings (SSSR count). The van der Waals surface area contributed by atoms with Gasteiger partial charge < -0.3 is 34.5 Å². The summed E-state index contributed by atoms with van der Waals surface area (Å²) in [5, 5.41) is 29.9. The molecule has 2 saturated heterocycles. The summed E-state index contributed by atoms with van der Waals surface area (Å²) in [5.74, 6) is 1.94. The molecule has 4 unspecified atom stereocenters. The number of aryl methyl sites for hydroxylation is 2. The highest BCUT2D eigenvalue weighted by Crippen LogP contribution is 2.56. The lowest BCUT2D eigenvalue weighted by Crippen LogP contribution is -2.43. The standard InChI is InChI=1S/C45H52N8O4S.C2H7N/c1-26(2)42(45(55)52-16-8-10-37(52)28(4)46-22-30-12-14-31(15-13-30)44-29(5)47-25-58-44)40-21-41(50-57-40)56-18-17-51-23-33-34(24-51)43(33)53-27(3)19-36-38(53)20-35(48-49-36)32-9-6-7-11-39(32)54;1-3-2/h9,11-15,19-21,25-26,33-34,37,42-43,46,54H,4,6-8,10,16-18,22-24H2,1-3,5H3;3H,1-2H3. The molecule has 0 spiro atoms. The molecule has 2 aliphatic heterocycles. The van der Waals surface area contributed by atoms with E-state index >= 15 is 0 Å². The minimum absolute atomic E-state index is 0.00811. The smallest absolute Gasteiger partial charge is 0.254 e. The Labute approximate surface area is 362 Å². The number of nitrogens with one attached hydrogen (secondary N) is 2. The largest absolute Gasteiger partial charge is 0.508 e. The van der Waals surface area contributed by atoms with Crippen molar-refractivity contribution in [1.82, 2.24) is 45.3 Å². The van der Waals surface area contributed by atoms with Gasteiger partial charge in [-0.1, -0.05) is 50.8 Å². The van der Waals surface area contributed by atoms with Crippen molar-refractivity contribution >= 4 is 33.9 Å². The Morgan fingerprint density at radius 1 is 1.07 bits per heavy atom. The third kappa shape index (κ3) is 8.89. The number of aliphatic hydroxyl groups excluding tert-OH is 1. The van der Waals surface area contributed by atoms with E-state index in [0.29, 0.717) is 49.2 Å². The molecule has 0 radical (unpaired) electrons. The average Bonchev–Trinajstić information content (AvgIpc) is 3.96. The number of rotatable bonds is 14. The third-order valence-electron chi connectivity index (χ3n) is 12.5. The average molecular weight is 846 g/mol. The number of thiazole rings is 1. The van der Waals surface area contributed by atoms with Crippen LogP contribution in [0.15, 0.2) is 82.7 Å². The first-order chi connectivity index (χ1) is 29.6. The van der Waals surface area contributed by atoms with Crippen molar-refractivity contribution in [3.05, 3.63) is 107 Å². The van der Waals surface area contributed by atoms with Gasteiger partial charge in [-0.3, -0.25) is 9.69 Å². The number of piperidine rings is 1. The summed E-state index contributed by atoms with van der Waals surface area (Å²) in [6.45, 7) is 17.3. The van der Waals surface area contributed by atoms with Crippen molar-refractivity contribution in [1.29, 1.82) is 0 Å². The van der Waals surface area contributed by atoms with Crippen LogP contribution in [0.2, 0.25) is 0 Å². The van der Waals surface area contributed by atoms with E-state index in [1.165, 1.54) is 16.1 Å². The number of ether oxygens (including phenoxy) is 1. The van der Waals surface area contributed by atoms with Gasteiger partial charge in [-0.25, -0.2) is 4.98 Å². The molecule has 1 saturated carbocycles. The van der Waals surface area contributed by atoms with Gasteiger partial charge in [0.25, 0.3) is 5.88 Å². The van der Waals surface area contributed by atoms with Crippen LogP contribution >= 0.6 is 11.3 Å². The van der Waals surface area contributed by atoms with Crippen LogP contribution < -0.4 is 15.4 Å². The van der Waals surface area contributed by atoms with Gasteiger partial charge >= 0.3 is 0 Å². The lowest BCUT2D eigenvalue weighted by Gasteiger charge is -2.31. The highest BCUT2D eigenvalue weighted by atomic mass is 32.1. The molecule has 1 aromatic carbocycles. The maximum Gasteiger partial charge on any atom is 0.254 e. The molecule has 3 N–H and O–H groups in total. The van der Waals surface area contributed by atoms with Crippen molar-refractivity contribution in [2.24, 2.45) is 17.8 Å². The van der Waals surface area contributed by atoms with E-state index in [4.69, 9.17) is 9.26 Å². The summed E-state index contributed by atoms with van der Waals surface area (Å²) in [7, 11) is 3.75. The second-order valence-corrected chi connectivity index (χ2v) is 18.0. The molecule has 61 heavy (non-hydrogen) atoms. The number of aromatic nitrogens is 5. The summed E-state index contributed by atoms with van der Waals surface area (Å²) >= 11 is 1.66. The molecule has 4 aliphatic rings. The molecule has 2 aliphatic carbocycles. The van der Waals surface area contributed by atoms with Crippen molar-refractivity contribution in [3.8, 4) is 16.3 Å². The molecule has 5 aromatic rings. The summed E-state index contributed by atoms with van der Waals surface area (Å²) in [4.78, 5) is 24.2. The number of benzene rings is 1. The highest BCUT2D eigenvalue weighted by molar-refractivity contribution is 7.13. The summed E-state index contributed by atoms with van der Waals surface area (Å²) in [6, 6.07) is 14.9. The molecule has 0 bridgehead atoms. The Balaban J connectivity index is 0.00000166. The molecule has 14 heteroatoms. The van der Waals surface area contributed by atoms with E-state index in [1.807, 2.05) is 57.4 Å². The van der Waals surface area contributed by atoms with Crippen LogP contribution in [0.25, 0.3) is 27.0 Å². The van der Waals surface area contributed by atoms with E-state index in [9.17, 15) is 9.90 Å². The molecule has 3 fully saturated rings. The molecule has 4 atom stereocenters. The van der Waals surface area contributed by atoms with Gasteiger partial charge in [0.1, 0.15) is 23.8 Å². The van der Waals surface area contributed by atoms with E-state index < -0.39 is 5.92 Å². The number of hydrogen-bond acceptors (Lipinski definition) is 12. The quantitative estimate of drug-likeness (QED) is 0.101. The number of carbonyl (C=O) groups is 1. The highest BCUT2D eigenvalue weighted by Gasteiger charge is 2.57. The first kappa shape index (κ1) is 42.4. The third-order valence-corrected chi connectivity index (χ3v) is 13.5. The summed E-state index contributed by atoms with van der Waals surface area (Å²) < 4.78 is 14.3. The number of likely N-dealkylation sites (tertiary alicyclic amines) is 2. The normalized spacial score (nSPS) is 21.5. The number of aliphatic hydroxyl groups is 1. The fourth-order valence-corrected chi connectivity index (χ4v) is 10.3. The Hall–Kier alpha value is -5.31. The van der Waals surface area contributed by atoms with E-state index in [0.717, 1.165) is 84.6 Å². The molecule has 4 aromatic heterocycles. The van der Waals surface area contributed by atoms with Gasteiger partial charge in [0.15, 0.2) is 5.76 Å². The van der Waals surface area contributed by atoms with E-state index in [1.54, 1.807) is 17.4 Å². The number of amides is 1. The second kappa shape index (κ2) is 18.3. The lowest BCUT2D eigenvalue weighted by molar-refractivity contribution is -0.134. The van der Waals surface area contributed by atoms with Crippen molar-refractivity contribution < 1.29 is 19.2 Å². The zero-order valence-electron chi connectivity index (χ0n) is 36.2. The number of hydrogen-bond donors (Lipinski definition) is 3. The van der Waals surface area contributed by atoms with Crippen LogP contribution in [-0.2, 0) is 11.3 Å². The van der Waals surface area contributed by atoms with Crippen molar-refractivity contribution in [2.75, 3.05) is 46.9 Å². The molecule has 6 heterocycles. The Bertz CT molecular complexity index is 2400. The van der Waals surface area contributed by atoms with Gasteiger partial charge in [-0.05, 0) is 106 Å². The molecule has 322 valence electrons. The van der Waals surface area contributed by atoms with Crippen molar-refractivity contribution in [3.63, 3.8) is 0 Å². The zero-order valence-corrected chi connectivity index (χ0v) is 37.0. The van der Waals surface area contributed by atoms with Crippen LogP contribution in [0.3, 0.4) is 0 Å². The zero-order chi connectivity index (χ0) is 42.8. The molecular formula is C47H59N9O4S. The predicted octanol–water partition coefficient (Wildman–Crippen LogP) is 7.83. The Morgan fingerprint density at radius 3 is 2.52 bits per heavy atom. The monoisotopic (exact) mass is 845 g/mol. The van der Waals surface area contributed by atoms with Gasteiger partial charge in [0.05, 0.1) is 33.3 Å². The minimum Gasteiger partial charge on any atom is -0.508 e. The van der Waals surface area contributed by atoms with Crippen LogP contribution in [0, 0.1) is 31.6 Å². The molecular weight excluding hydrogens is 787 g/mol. The first-order valence-corrected chi connectivity index (χ1v) is 22.5. The fourth-order valence-electron chi connectivity index (χ4n) is 9.48. The number of nitrogens with zero attached hydrogens (tertiary/aromatic N) is 7. The number of carbonyl (C=O) groups excluding carboxylic acids is 1. The van der Waals surface area contributed by atoms with E-state index in [-0.39, 0.29) is 23.6 Å². The second-order valence-electron chi connectivity index (χ2n) is 17.2. The minimum atomic E-state index is -0.472. The van der Waals surface area contributed by atoms with Crippen molar-refractivity contribution in [2.45, 2.75) is 77.9 Å².